The number of hydrogen-bond donors (Lipinski definition) is 2. The Morgan fingerprint density at radius 3 is 2.72 bits per heavy atom. The maximum Gasteiger partial charge on any atom is 0.256 e. The summed E-state index contributed by atoms with van der Waals surface area (Å²) >= 11 is 1.23. The zero-order valence-electron chi connectivity index (χ0n) is 9.79. The molecule has 94 valence electrons. The molecule has 5 nitrogen and oxygen atoms in total. The van der Waals surface area contributed by atoms with Crippen LogP contribution >= 0.6 is 11.8 Å². The Morgan fingerprint density at radius 1 is 1.44 bits per heavy atom. The van der Waals surface area contributed by atoms with E-state index in [-0.39, 0.29) is 5.91 Å². The fourth-order valence-corrected chi connectivity index (χ4v) is 2.43. The van der Waals surface area contributed by atoms with E-state index >= 15 is 0 Å². The summed E-state index contributed by atoms with van der Waals surface area (Å²) < 4.78 is 5.24. The number of hydrogen-bond acceptors (Lipinski definition) is 5. The van der Waals surface area contributed by atoms with Gasteiger partial charge in [-0.25, -0.2) is 10.8 Å². The Kier molecular flexibility index (Phi) is 4.01. The summed E-state index contributed by atoms with van der Waals surface area (Å²) in [4.78, 5) is 16.0. The van der Waals surface area contributed by atoms with Crippen LogP contribution in [0.2, 0.25) is 0 Å². The van der Waals surface area contributed by atoms with Crippen LogP contribution in [0, 0.1) is 6.92 Å². The number of benzene rings is 1. The molecule has 1 amide bonds. The number of nitrogens with two attached hydrogens (primary N) is 1. The number of carbonyl (C=O) groups excluding carboxylic acids is 1. The van der Waals surface area contributed by atoms with Crippen molar-refractivity contribution in [2.75, 3.05) is 0 Å². The number of carbonyl (C=O) groups is 1. The van der Waals surface area contributed by atoms with E-state index in [1.807, 2.05) is 37.3 Å². The normalized spacial score (nSPS) is 12.1. The van der Waals surface area contributed by atoms with Gasteiger partial charge in [0.1, 0.15) is 11.5 Å². The van der Waals surface area contributed by atoms with Crippen LogP contribution in [0.1, 0.15) is 16.5 Å². The molecule has 2 aromatic rings. The lowest BCUT2D eigenvalue weighted by atomic mass is 10.1. The Morgan fingerprint density at radius 2 is 2.17 bits per heavy atom. The number of thioether (sulfide) groups is 1. The van der Waals surface area contributed by atoms with E-state index in [1.165, 1.54) is 11.8 Å². The Hall–Kier alpha value is -1.79. The van der Waals surface area contributed by atoms with Gasteiger partial charge in [0.25, 0.3) is 11.1 Å². The van der Waals surface area contributed by atoms with E-state index < -0.39 is 5.25 Å². The second-order valence-corrected chi connectivity index (χ2v) is 4.73. The standard InChI is InChI=1S/C12H13N3O2S/c1-8-7-17-12(14-8)18-10(11(16)15-13)9-5-3-2-4-6-9/h2-7,10H,13H2,1H3,(H,15,16). The zero-order valence-corrected chi connectivity index (χ0v) is 10.6. The maximum absolute atomic E-state index is 11.8. The van der Waals surface area contributed by atoms with Crippen molar-refractivity contribution in [3.63, 3.8) is 0 Å². The summed E-state index contributed by atoms with van der Waals surface area (Å²) in [6.45, 7) is 1.83. The molecule has 0 aliphatic rings. The first-order chi connectivity index (χ1) is 8.70. The minimum atomic E-state index is -0.478. The van der Waals surface area contributed by atoms with Gasteiger partial charge in [0.05, 0.1) is 5.69 Å². The molecule has 0 fully saturated rings. The number of hydrazine groups is 1. The van der Waals surface area contributed by atoms with Gasteiger partial charge in [-0.3, -0.25) is 10.2 Å². The van der Waals surface area contributed by atoms with Crippen molar-refractivity contribution in [1.82, 2.24) is 10.4 Å². The zero-order chi connectivity index (χ0) is 13.0. The van der Waals surface area contributed by atoms with Crippen molar-refractivity contribution < 1.29 is 9.21 Å². The number of aryl methyl sites for hydroxylation is 1. The molecule has 0 bridgehead atoms. The molecule has 1 heterocycles. The molecule has 0 aliphatic heterocycles. The van der Waals surface area contributed by atoms with Gasteiger partial charge in [0, 0.05) is 0 Å². The van der Waals surface area contributed by atoms with Crippen LogP contribution in [0.25, 0.3) is 0 Å². The molecular weight excluding hydrogens is 250 g/mol. The smallest absolute Gasteiger partial charge is 0.256 e. The van der Waals surface area contributed by atoms with Crippen LogP contribution in [-0.2, 0) is 4.79 Å². The third-order valence-corrected chi connectivity index (χ3v) is 3.41. The van der Waals surface area contributed by atoms with Crippen LogP contribution in [-0.4, -0.2) is 10.9 Å². The summed E-state index contributed by atoms with van der Waals surface area (Å²) in [5.41, 5.74) is 3.79. The predicted octanol–water partition coefficient (Wildman–Crippen LogP) is 1.81. The third kappa shape index (κ3) is 2.91. The van der Waals surface area contributed by atoms with Gasteiger partial charge in [-0.1, -0.05) is 30.3 Å². The van der Waals surface area contributed by atoms with Crippen molar-refractivity contribution in [3.8, 4) is 0 Å². The summed E-state index contributed by atoms with van der Waals surface area (Å²) in [7, 11) is 0. The molecule has 0 saturated carbocycles. The molecule has 18 heavy (non-hydrogen) atoms. The Labute approximate surface area is 109 Å². The minimum absolute atomic E-state index is 0.290. The monoisotopic (exact) mass is 263 g/mol. The van der Waals surface area contributed by atoms with Crippen molar-refractivity contribution in [2.24, 2.45) is 5.84 Å². The van der Waals surface area contributed by atoms with E-state index in [4.69, 9.17) is 10.3 Å². The van der Waals surface area contributed by atoms with Gasteiger partial charge in [0.2, 0.25) is 0 Å². The highest BCUT2D eigenvalue weighted by molar-refractivity contribution is 8.00. The fourth-order valence-electron chi connectivity index (χ4n) is 1.46. The topological polar surface area (TPSA) is 81.2 Å². The molecule has 3 N–H and O–H groups in total. The number of nitrogens with zero attached hydrogens (tertiary/aromatic N) is 1. The highest BCUT2D eigenvalue weighted by atomic mass is 32.2. The first-order valence-corrected chi connectivity index (χ1v) is 6.23. The van der Waals surface area contributed by atoms with Gasteiger partial charge < -0.3 is 4.42 Å². The van der Waals surface area contributed by atoms with E-state index in [2.05, 4.69) is 10.4 Å². The minimum Gasteiger partial charge on any atom is -0.440 e. The first-order valence-electron chi connectivity index (χ1n) is 5.35. The lowest BCUT2D eigenvalue weighted by Crippen LogP contribution is -2.33. The van der Waals surface area contributed by atoms with E-state index in [1.54, 1.807) is 6.26 Å². The molecule has 1 atom stereocenters. The molecule has 1 aromatic heterocycles. The van der Waals surface area contributed by atoms with E-state index in [0.717, 1.165) is 11.3 Å². The summed E-state index contributed by atoms with van der Waals surface area (Å²) in [5.74, 6) is 4.92. The second kappa shape index (κ2) is 5.70. The van der Waals surface area contributed by atoms with Gasteiger partial charge in [0.15, 0.2) is 0 Å². The number of aromatic nitrogens is 1. The highest BCUT2D eigenvalue weighted by Gasteiger charge is 2.23. The van der Waals surface area contributed by atoms with Gasteiger partial charge >= 0.3 is 0 Å². The number of nitrogens with one attached hydrogen (secondary N) is 1. The lowest BCUT2D eigenvalue weighted by Gasteiger charge is -2.12. The molecule has 0 spiro atoms. The number of rotatable bonds is 4. The predicted molar refractivity (Wildman–Crippen MR) is 68.6 cm³/mol. The van der Waals surface area contributed by atoms with Gasteiger partial charge in [-0.15, -0.1) is 0 Å². The number of oxazole rings is 1. The van der Waals surface area contributed by atoms with Crippen molar-refractivity contribution >= 4 is 17.7 Å². The van der Waals surface area contributed by atoms with E-state index in [9.17, 15) is 4.79 Å². The van der Waals surface area contributed by atoms with Crippen LogP contribution < -0.4 is 11.3 Å². The van der Waals surface area contributed by atoms with Gasteiger partial charge in [-0.05, 0) is 24.2 Å². The Bertz CT molecular complexity index is 527. The van der Waals surface area contributed by atoms with Crippen molar-refractivity contribution in [2.45, 2.75) is 17.4 Å². The first kappa shape index (κ1) is 12.7. The quantitative estimate of drug-likeness (QED) is 0.380. The highest BCUT2D eigenvalue weighted by Crippen LogP contribution is 2.34. The molecular formula is C12H13N3O2S. The number of amides is 1. The SMILES string of the molecule is Cc1coc(SC(C(=O)NN)c2ccccc2)n1. The van der Waals surface area contributed by atoms with Crippen LogP contribution in [0.4, 0.5) is 0 Å². The van der Waals surface area contributed by atoms with Gasteiger partial charge in [-0.2, -0.15) is 0 Å². The Balaban J connectivity index is 2.24. The molecule has 0 aliphatic carbocycles. The largest absolute Gasteiger partial charge is 0.440 e. The average Bonchev–Trinajstić information content (AvgIpc) is 2.82. The maximum atomic E-state index is 11.8. The molecule has 1 aromatic carbocycles. The molecule has 6 heteroatoms. The van der Waals surface area contributed by atoms with Crippen LogP contribution in [0.15, 0.2) is 46.2 Å². The van der Waals surface area contributed by atoms with Crippen molar-refractivity contribution in [3.05, 3.63) is 47.9 Å². The molecule has 0 saturated heterocycles. The summed E-state index contributed by atoms with van der Waals surface area (Å²) in [6.07, 6.45) is 1.55. The molecule has 0 radical (unpaired) electrons. The lowest BCUT2D eigenvalue weighted by molar-refractivity contribution is -0.120. The van der Waals surface area contributed by atoms with Crippen molar-refractivity contribution in [1.29, 1.82) is 0 Å². The molecule has 2 rings (SSSR count). The van der Waals surface area contributed by atoms with Crippen LogP contribution in [0.3, 0.4) is 0 Å². The summed E-state index contributed by atoms with van der Waals surface area (Å²) in [5, 5.41) is -0.0285. The molecule has 1 unspecified atom stereocenters. The second-order valence-electron chi connectivity index (χ2n) is 3.67. The fraction of sp³-hybridized carbons (Fsp3) is 0.167. The van der Waals surface area contributed by atoms with Crippen LogP contribution in [0.5, 0.6) is 0 Å². The average molecular weight is 263 g/mol. The summed E-state index contributed by atoms with van der Waals surface area (Å²) in [6, 6.07) is 9.35. The third-order valence-electron chi connectivity index (χ3n) is 2.30. The van der Waals surface area contributed by atoms with E-state index in [0.29, 0.717) is 5.22 Å².